The third-order valence-corrected chi connectivity index (χ3v) is 4.68. The van der Waals surface area contributed by atoms with Crippen LogP contribution in [0.5, 0.6) is 0 Å². The average molecular weight is 312 g/mol. The molecule has 5 nitrogen and oxygen atoms in total. The van der Waals surface area contributed by atoms with Crippen LogP contribution < -0.4 is 5.32 Å². The minimum absolute atomic E-state index is 0.132. The van der Waals surface area contributed by atoms with E-state index in [1.165, 1.54) is 4.88 Å². The molecule has 1 aliphatic carbocycles. The first kappa shape index (κ1) is 16.2. The first-order valence-corrected chi connectivity index (χ1v) is 8.47. The van der Waals surface area contributed by atoms with Crippen molar-refractivity contribution >= 4 is 22.4 Å². The monoisotopic (exact) mass is 312 g/mol. The van der Waals surface area contributed by atoms with Crippen molar-refractivity contribution in [3.8, 4) is 0 Å². The molecule has 1 heterocycles. The van der Waals surface area contributed by atoms with Gasteiger partial charge in [-0.25, -0.2) is 4.98 Å². The number of aromatic nitrogens is 1. The smallest absolute Gasteiger partial charge is 0.315 e. The van der Waals surface area contributed by atoms with E-state index in [0.717, 1.165) is 56.1 Å². The highest BCUT2D eigenvalue weighted by Gasteiger charge is 2.33. The Morgan fingerprint density at radius 3 is 3.05 bits per heavy atom. The molecule has 0 bridgehead atoms. The minimum atomic E-state index is -0.159. The number of methoxy groups -OCH3 is 1. The van der Waals surface area contributed by atoms with Gasteiger partial charge in [0.2, 0.25) is 0 Å². The highest BCUT2D eigenvalue weighted by atomic mass is 32.1. The Morgan fingerprint density at radius 1 is 1.43 bits per heavy atom. The van der Waals surface area contributed by atoms with E-state index in [9.17, 15) is 4.79 Å². The van der Waals surface area contributed by atoms with Crippen LogP contribution in [0.4, 0.5) is 5.13 Å². The summed E-state index contributed by atoms with van der Waals surface area (Å²) in [4.78, 5) is 17.7. The number of carbonyl (C=O) groups excluding carboxylic acids is 1. The molecule has 1 N–H and O–H groups in total. The van der Waals surface area contributed by atoms with E-state index in [4.69, 9.17) is 9.47 Å². The maximum absolute atomic E-state index is 11.9. The van der Waals surface area contributed by atoms with Crippen LogP contribution in [0.25, 0.3) is 0 Å². The molecule has 2 rings (SSSR count). The van der Waals surface area contributed by atoms with Gasteiger partial charge in [0.15, 0.2) is 5.13 Å². The van der Waals surface area contributed by atoms with E-state index < -0.39 is 0 Å². The molecule has 0 spiro atoms. The SMILES string of the molecule is CCOC(=O)C1CCc2sc(NCCCCCOC)nc21. The molecule has 0 fully saturated rings. The second-order valence-electron chi connectivity index (χ2n) is 5.15. The van der Waals surface area contributed by atoms with Crippen molar-refractivity contribution in [3.05, 3.63) is 10.6 Å². The molecule has 1 unspecified atom stereocenters. The number of carbonyl (C=O) groups is 1. The van der Waals surface area contributed by atoms with Gasteiger partial charge in [-0.2, -0.15) is 0 Å². The summed E-state index contributed by atoms with van der Waals surface area (Å²) in [6.45, 7) is 4.01. The van der Waals surface area contributed by atoms with Crippen LogP contribution in [-0.4, -0.2) is 37.8 Å². The van der Waals surface area contributed by atoms with Crippen molar-refractivity contribution in [2.24, 2.45) is 0 Å². The van der Waals surface area contributed by atoms with E-state index in [-0.39, 0.29) is 11.9 Å². The molecule has 1 aliphatic rings. The van der Waals surface area contributed by atoms with Gasteiger partial charge >= 0.3 is 5.97 Å². The lowest BCUT2D eigenvalue weighted by Crippen LogP contribution is -2.14. The first-order valence-electron chi connectivity index (χ1n) is 7.65. The quantitative estimate of drug-likeness (QED) is 0.561. The highest BCUT2D eigenvalue weighted by molar-refractivity contribution is 7.15. The predicted octanol–water partition coefficient (Wildman–Crippen LogP) is 2.96. The number of esters is 1. The first-order chi connectivity index (χ1) is 10.3. The normalized spacial score (nSPS) is 16.8. The Bertz CT molecular complexity index is 462. The molecule has 118 valence electrons. The summed E-state index contributed by atoms with van der Waals surface area (Å²) in [7, 11) is 1.73. The van der Waals surface area contributed by atoms with E-state index in [1.807, 2.05) is 6.92 Å². The van der Waals surface area contributed by atoms with Crippen molar-refractivity contribution in [2.75, 3.05) is 32.2 Å². The number of ether oxygens (including phenoxy) is 2. The van der Waals surface area contributed by atoms with E-state index >= 15 is 0 Å². The Labute approximate surface area is 130 Å². The fourth-order valence-electron chi connectivity index (χ4n) is 2.52. The van der Waals surface area contributed by atoms with Gasteiger partial charge in [-0.05, 0) is 39.0 Å². The summed E-state index contributed by atoms with van der Waals surface area (Å²) in [6.07, 6.45) is 5.13. The molecule has 1 aromatic rings. The molecular weight excluding hydrogens is 288 g/mol. The third-order valence-electron chi connectivity index (χ3n) is 3.59. The third kappa shape index (κ3) is 4.41. The van der Waals surface area contributed by atoms with Crippen molar-refractivity contribution < 1.29 is 14.3 Å². The number of rotatable bonds is 9. The van der Waals surface area contributed by atoms with E-state index in [2.05, 4.69) is 10.3 Å². The maximum Gasteiger partial charge on any atom is 0.315 e. The Morgan fingerprint density at radius 2 is 2.29 bits per heavy atom. The number of hydrogen-bond acceptors (Lipinski definition) is 6. The molecule has 0 saturated heterocycles. The largest absolute Gasteiger partial charge is 0.465 e. The topological polar surface area (TPSA) is 60.5 Å². The fraction of sp³-hybridized carbons (Fsp3) is 0.733. The lowest BCUT2D eigenvalue weighted by atomic mass is 10.1. The Hall–Kier alpha value is -1.14. The van der Waals surface area contributed by atoms with Gasteiger partial charge in [-0.3, -0.25) is 4.79 Å². The van der Waals surface area contributed by atoms with Gasteiger partial charge < -0.3 is 14.8 Å². The lowest BCUT2D eigenvalue weighted by molar-refractivity contribution is -0.145. The summed E-state index contributed by atoms with van der Waals surface area (Å²) in [5.41, 5.74) is 0.931. The van der Waals surface area contributed by atoms with Gasteiger partial charge in [-0.1, -0.05) is 0 Å². The second kappa shape index (κ2) is 8.34. The number of aryl methyl sites for hydroxylation is 1. The Kier molecular flexibility index (Phi) is 6.45. The summed E-state index contributed by atoms with van der Waals surface area (Å²) >= 11 is 1.67. The van der Waals surface area contributed by atoms with Gasteiger partial charge in [0, 0.05) is 25.1 Å². The number of fused-ring (bicyclic) bond motifs is 1. The van der Waals surface area contributed by atoms with Gasteiger partial charge in [0.25, 0.3) is 0 Å². The van der Waals surface area contributed by atoms with Crippen LogP contribution in [0.1, 0.15) is 49.1 Å². The molecule has 0 aromatic carbocycles. The van der Waals surface area contributed by atoms with Crippen LogP contribution in [0.3, 0.4) is 0 Å². The number of hydrogen-bond donors (Lipinski definition) is 1. The molecule has 0 aliphatic heterocycles. The zero-order valence-corrected chi connectivity index (χ0v) is 13.6. The van der Waals surface area contributed by atoms with Crippen LogP contribution >= 0.6 is 11.3 Å². The van der Waals surface area contributed by atoms with E-state index in [0.29, 0.717) is 6.61 Å². The van der Waals surface area contributed by atoms with E-state index in [1.54, 1.807) is 18.4 Å². The van der Waals surface area contributed by atoms with Crippen molar-refractivity contribution in [1.29, 1.82) is 0 Å². The summed E-state index contributed by atoms with van der Waals surface area (Å²) in [5.74, 6) is -0.291. The number of anilines is 1. The molecule has 0 radical (unpaired) electrons. The predicted molar refractivity (Wildman–Crippen MR) is 84.0 cm³/mol. The summed E-state index contributed by atoms with van der Waals surface area (Å²) in [5, 5.41) is 4.29. The highest BCUT2D eigenvalue weighted by Crippen LogP contribution is 2.38. The summed E-state index contributed by atoms with van der Waals surface area (Å²) < 4.78 is 10.1. The number of unbranched alkanes of at least 4 members (excludes halogenated alkanes) is 2. The zero-order valence-electron chi connectivity index (χ0n) is 12.8. The van der Waals surface area contributed by atoms with Gasteiger partial charge in [0.05, 0.1) is 12.3 Å². The average Bonchev–Trinajstić information content (AvgIpc) is 3.02. The van der Waals surface area contributed by atoms with Gasteiger partial charge in [-0.15, -0.1) is 11.3 Å². The molecule has 1 aromatic heterocycles. The number of nitrogens with one attached hydrogen (secondary N) is 1. The number of thiazole rings is 1. The molecule has 1 atom stereocenters. The fourth-order valence-corrected chi connectivity index (χ4v) is 3.58. The standard InChI is InChI=1S/C15H24N2O3S/c1-3-20-14(18)11-7-8-12-13(11)17-15(21-12)16-9-5-4-6-10-19-2/h11H,3-10H2,1-2H3,(H,16,17). The lowest BCUT2D eigenvalue weighted by Gasteiger charge is -2.08. The van der Waals surface area contributed by atoms with Crippen LogP contribution in [0.2, 0.25) is 0 Å². The van der Waals surface area contributed by atoms with Crippen molar-refractivity contribution in [3.63, 3.8) is 0 Å². The molecule has 0 saturated carbocycles. The van der Waals surface area contributed by atoms with Crippen LogP contribution in [0.15, 0.2) is 0 Å². The summed E-state index contributed by atoms with van der Waals surface area (Å²) in [6, 6.07) is 0. The second-order valence-corrected chi connectivity index (χ2v) is 6.23. The van der Waals surface area contributed by atoms with Crippen LogP contribution in [-0.2, 0) is 20.7 Å². The van der Waals surface area contributed by atoms with Gasteiger partial charge in [0.1, 0.15) is 5.92 Å². The van der Waals surface area contributed by atoms with Crippen molar-refractivity contribution in [2.45, 2.75) is 44.9 Å². The van der Waals surface area contributed by atoms with Crippen molar-refractivity contribution in [1.82, 2.24) is 4.98 Å². The number of nitrogens with zero attached hydrogens (tertiary/aromatic N) is 1. The zero-order chi connectivity index (χ0) is 15.1. The van der Waals surface area contributed by atoms with Crippen LogP contribution in [0, 0.1) is 0 Å². The molecule has 0 amide bonds. The maximum atomic E-state index is 11.9. The Balaban J connectivity index is 1.80. The molecular formula is C15H24N2O3S. The minimum Gasteiger partial charge on any atom is -0.465 e. The molecule has 21 heavy (non-hydrogen) atoms. The molecule has 6 heteroatoms.